The summed E-state index contributed by atoms with van der Waals surface area (Å²) in [6, 6.07) is 0. The number of fused-ring (bicyclic) bond motifs is 1. The second kappa shape index (κ2) is 3.35. The Labute approximate surface area is 93.6 Å². The maximum Gasteiger partial charge on any atom is 0.0753 e. The molecule has 86 valence electrons. The van der Waals surface area contributed by atoms with Crippen molar-refractivity contribution in [2.45, 2.75) is 59.0 Å². The Kier molecular flexibility index (Phi) is 2.50. The highest BCUT2D eigenvalue weighted by molar-refractivity contribution is 5.21. The van der Waals surface area contributed by atoms with Crippen LogP contribution in [-0.4, -0.2) is 11.2 Å². The molecule has 2 saturated carbocycles. The van der Waals surface area contributed by atoms with Gasteiger partial charge in [0.2, 0.25) is 0 Å². The number of hydrogen-bond donors (Lipinski definition) is 1. The summed E-state index contributed by atoms with van der Waals surface area (Å²) in [7, 11) is 0. The Morgan fingerprint density at radius 3 is 2.53 bits per heavy atom. The van der Waals surface area contributed by atoms with Crippen LogP contribution >= 0.6 is 0 Å². The van der Waals surface area contributed by atoms with Crippen molar-refractivity contribution in [3.63, 3.8) is 0 Å². The van der Waals surface area contributed by atoms with Crippen molar-refractivity contribution in [3.8, 4) is 0 Å². The van der Waals surface area contributed by atoms with Crippen molar-refractivity contribution in [3.05, 3.63) is 12.2 Å². The molecule has 0 unspecified atom stereocenters. The summed E-state index contributed by atoms with van der Waals surface area (Å²) in [6.07, 6.45) is 5.67. The van der Waals surface area contributed by atoms with Crippen LogP contribution < -0.4 is 0 Å². The zero-order valence-electron chi connectivity index (χ0n) is 10.3. The zero-order valence-corrected chi connectivity index (χ0v) is 10.3. The van der Waals surface area contributed by atoms with Crippen LogP contribution in [0.15, 0.2) is 12.2 Å². The van der Waals surface area contributed by atoms with Crippen molar-refractivity contribution in [1.29, 1.82) is 0 Å². The van der Waals surface area contributed by atoms with Gasteiger partial charge in [-0.2, -0.15) is 0 Å². The standard InChI is InChI=1S/C14H24O/c1-10-11(15)6-7-12-13(2,3)8-5-9-14(10,12)4/h11-12,15H,1,5-9H2,2-4H3/t11-,12+,14-/m1/s1. The highest BCUT2D eigenvalue weighted by atomic mass is 16.3. The summed E-state index contributed by atoms with van der Waals surface area (Å²) in [4.78, 5) is 0. The molecule has 2 rings (SSSR count). The van der Waals surface area contributed by atoms with E-state index in [0.29, 0.717) is 5.41 Å². The highest BCUT2D eigenvalue weighted by Gasteiger charge is 2.51. The average molecular weight is 208 g/mol. The molecular weight excluding hydrogens is 184 g/mol. The summed E-state index contributed by atoms with van der Waals surface area (Å²) < 4.78 is 0. The molecule has 0 aromatic heterocycles. The molecule has 0 saturated heterocycles. The molecule has 0 aromatic carbocycles. The number of aliphatic hydroxyl groups is 1. The molecule has 2 aliphatic carbocycles. The van der Waals surface area contributed by atoms with Crippen LogP contribution in [0, 0.1) is 16.7 Å². The van der Waals surface area contributed by atoms with E-state index in [1.54, 1.807) is 0 Å². The maximum absolute atomic E-state index is 9.95. The van der Waals surface area contributed by atoms with Crippen LogP contribution in [0.4, 0.5) is 0 Å². The van der Waals surface area contributed by atoms with E-state index in [-0.39, 0.29) is 11.5 Å². The Morgan fingerprint density at radius 1 is 1.20 bits per heavy atom. The summed E-state index contributed by atoms with van der Waals surface area (Å²) >= 11 is 0. The van der Waals surface area contributed by atoms with E-state index in [1.165, 1.54) is 25.7 Å². The average Bonchev–Trinajstić information content (AvgIpc) is 2.12. The molecule has 0 radical (unpaired) electrons. The van der Waals surface area contributed by atoms with Crippen LogP contribution in [0.3, 0.4) is 0 Å². The van der Waals surface area contributed by atoms with Crippen LogP contribution in [0.5, 0.6) is 0 Å². The number of hydrogen-bond acceptors (Lipinski definition) is 1. The van der Waals surface area contributed by atoms with Gasteiger partial charge in [0.25, 0.3) is 0 Å². The third kappa shape index (κ3) is 1.56. The molecule has 0 heterocycles. The monoisotopic (exact) mass is 208 g/mol. The molecule has 1 nitrogen and oxygen atoms in total. The van der Waals surface area contributed by atoms with E-state index in [9.17, 15) is 5.11 Å². The van der Waals surface area contributed by atoms with Crippen LogP contribution in [0.2, 0.25) is 0 Å². The van der Waals surface area contributed by atoms with E-state index in [1.807, 2.05) is 0 Å². The predicted octanol–water partition coefficient (Wildman–Crippen LogP) is 3.53. The van der Waals surface area contributed by atoms with Crippen molar-refractivity contribution < 1.29 is 5.11 Å². The van der Waals surface area contributed by atoms with Crippen LogP contribution in [0.1, 0.15) is 52.9 Å². The van der Waals surface area contributed by atoms with E-state index in [0.717, 1.165) is 17.9 Å². The maximum atomic E-state index is 9.95. The first-order chi connectivity index (χ1) is 6.88. The molecule has 15 heavy (non-hydrogen) atoms. The first-order valence-corrected chi connectivity index (χ1v) is 6.25. The Balaban J connectivity index is 2.34. The van der Waals surface area contributed by atoms with Crippen LogP contribution in [0.25, 0.3) is 0 Å². The van der Waals surface area contributed by atoms with Gasteiger partial charge in [-0.1, -0.05) is 33.8 Å². The second-order valence-electron chi connectivity index (χ2n) is 6.43. The Bertz CT molecular complexity index is 279. The smallest absolute Gasteiger partial charge is 0.0753 e. The lowest BCUT2D eigenvalue weighted by molar-refractivity contribution is -0.0266. The topological polar surface area (TPSA) is 20.2 Å². The van der Waals surface area contributed by atoms with Gasteiger partial charge in [-0.25, -0.2) is 0 Å². The molecule has 0 bridgehead atoms. The van der Waals surface area contributed by atoms with Gasteiger partial charge in [0.1, 0.15) is 0 Å². The third-order valence-electron chi connectivity index (χ3n) is 5.09. The molecule has 0 spiro atoms. The van der Waals surface area contributed by atoms with Crippen molar-refractivity contribution in [1.82, 2.24) is 0 Å². The lowest BCUT2D eigenvalue weighted by Gasteiger charge is -2.55. The normalized spacial score (nSPS) is 44.9. The Morgan fingerprint density at radius 2 is 1.87 bits per heavy atom. The van der Waals surface area contributed by atoms with Gasteiger partial charge in [-0.3, -0.25) is 0 Å². The quantitative estimate of drug-likeness (QED) is 0.604. The van der Waals surface area contributed by atoms with Crippen LogP contribution in [-0.2, 0) is 0 Å². The molecule has 2 fully saturated rings. The fraction of sp³-hybridized carbons (Fsp3) is 0.857. The third-order valence-corrected chi connectivity index (χ3v) is 5.09. The van der Waals surface area contributed by atoms with E-state index < -0.39 is 0 Å². The molecule has 2 aliphatic rings. The number of rotatable bonds is 0. The molecule has 1 N–H and O–H groups in total. The fourth-order valence-electron chi connectivity index (χ4n) is 4.10. The van der Waals surface area contributed by atoms with E-state index in [2.05, 4.69) is 27.4 Å². The van der Waals surface area contributed by atoms with Gasteiger partial charge in [-0.15, -0.1) is 0 Å². The number of aliphatic hydroxyl groups excluding tert-OH is 1. The molecule has 0 aromatic rings. The van der Waals surface area contributed by atoms with Gasteiger partial charge >= 0.3 is 0 Å². The summed E-state index contributed by atoms with van der Waals surface area (Å²) in [5.41, 5.74) is 1.72. The minimum Gasteiger partial charge on any atom is -0.389 e. The summed E-state index contributed by atoms with van der Waals surface area (Å²) in [5.74, 6) is 0.717. The minimum absolute atomic E-state index is 0.194. The summed E-state index contributed by atoms with van der Waals surface area (Å²) in [6.45, 7) is 11.3. The first-order valence-electron chi connectivity index (χ1n) is 6.25. The second-order valence-corrected chi connectivity index (χ2v) is 6.43. The molecule has 3 atom stereocenters. The first kappa shape index (κ1) is 11.2. The largest absolute Gasteiger partial charge is 0.389 e. The predicted molar refractivity (Wildman–Crippen MR) is 63.6 cm³/mol. The lowest BCUT2D eigenvalue weighted by Crippen LogP contribution is -2.48. The molecular formula is C14H24O. The minimum atomic E-state index is -0.250. The van der Waals surface area contributed by atoms with Gasteiger partial charge in [0.05, 0.1) is 6.10 Å². The molecule has 0 amide bonds. The lowest BCUT2D eigenvalue weighted by atomic mass is 9.50. The molecule has 1 heteroatoms. The van der Waals surface area contributed by atoms with Crippen molar-refractivity contribution >= 4 is 0 Å². The SMILES string of the molecule is C=C1[C@H](O)CC[C@H]2C(C)(C)CCC[C@]12C. The molecule has 0 aliphatic heterocycles. The Hall–Kier alpha value is -0.300. The summed E-state index contributed by atoms with van der Waals surface area (Å²) in [5, 5.41) is 9.95. The zero-order chi connectivity index (χ0) is 11.3. The van der Waals surface area contributed by atoms with E-state index >= 15 is 0 Å². The highest BCUT2D eigenvalue weighted by Crippen LogP contribution is 2.59. The van der Waals surface area contributed by atoms with Gasteiger partial charge in [0.15, 0.2) is 0 Å². The van der Waals surface area contributed by atoms with Crippen molar-refractivity contribution in [2.24, 2.45) is 16.7 Å². The van der Waals surface area contributed by atoms with Gasteiger partial charge in [0, 0.05) is 0 Å². The van der Waals surface area contributed by atoms with Gasteiger partial charge < -0.3 is 5.11 Å². The van der Waals surface area contributed by atoms with Gasteiger partial charge in [-0.05, 0) is 48.0 Å². The van der Waals surface area contributed by atoms with Crippen molar-refractivity contribution in [2.75, 3.05) is 0 Å². The van der Waals surface area contributed by atoms with E-state index in [4.69, 9.17) is 0 Å². The fourth-order valence-corrected chi connectivity index (χ4v) is 4.10.